The summed E-state index contributed by atoms with van der Waals surface area (Å²) in [6.45, 7) is 0. The quantitative estimate of drug-likeness (QED) is 0.839. The summed E-state index contributed by atoms with van der Waals surface area (Å²) in [4.78, 5) is 12.2. The van der Waals surface area contributed by atoms with Gasteiger partial charge in [-0.25, -0.2) is 0 Å². The molecule has 1 aromatic carbocycles. The van der Waals surface area contributed by atoms with Crippen LogP contribution in [0.25, 0.3) is 0 Å². The molecule has 0 radical (unpaired) electrons. The number of carbonyl (C=O) groups excluding carboxylic acids is 1. The van der Waals surface area contributed by atoms with E-state index in [0.29, 0.717) is 21.5 Å². The molecule has 0 aliphatic heterocycles. The Kier molecular flexibility index (Phi) is 4.40. The zero-order valence-corrected chi connectivity index (χ0v) is 11.9. The van der Waals surface area contributed by atoms with Crippen molar-refractivity contribution in [1.29, 1.82) is 0 Å². The van der Waals surface area contributed by atoms with Crippen LogP contribution in [0.15, 0.2) is 18.2 Å². The number of hydrogen-bond donors (Lipinski definition) is 2. The number of amides is 1. The number of nitrogen functional groups attached to an aromatic ring is 1. The minimum absolute atomic E-state index is 0.127. The molecular formula is C13H17ClN2OS. The van der Waals surface area contributed by atoms with Crippen LogP contribution in [-0.2, 0) is 0 Å². The molecule has 1 aliphatic carbocycles. The van der Waals surface area contributed by atoms with Crippen molar-refractivity contribution in [3.63, 3.8) is 0 Å². The first-order valence-corrected chi connectivity index (χ1v) is 7.67. The number of thioether (sulfide) groups is 1. The molecule has 1 aromatic rings. The lowest BCUT2D eigenvalue weighted by Crippen LogP contribution is -2.38. The van der Waals surface area contributed by atoms with Gasteiger partial charge in [-0.2, -0.15) is 11.8 Å². The topological polar surface area (TPSA) is 55.1 Å². The fourth-order valence-corrected chi connectivity index (χ4v) is 3.47. The molecule has 1 aliphatic rings. The summed E-state index contributed by atoms with van der Waals surface area (Å²) in [6.07, 6.45) is 5.46. The SMILES string of the molecule is CSC1CCCC1NC(=O)c1cc(N)ccc1Cl. The summed E-state index contributed by atoms with van der Waals surface area (Å²) in [6, 6.07) is 5.22. The summed E-state index contributed by atoms with van der Waals surface area (Å²) in [7, 11) is 0. The largest absolute Gasteiger partial charge is 0.399 e. The highest BCUT2D eigenvalue weighted by molar-refractivity contribution is 7.99. The molecule has 2 rings (SSSR count). The van der Waals surface area contributed by atoms with Crippen molar-refractivity contribution in [2.75, 3.05) is 12.0 Å². The first kappa shape index (κ1) is 13.6. The summed E-state index contributed by atoms with van der Waals surface area (Å²) in [5.41, 5.74) is 6.70. The van der Waals surface area contributed by atoms with Crippen LogP contribution < -0.4 is 11.1 Å². The fraction of sp³-hybridized carbons (Fsp3) is 0.462. The molecule has 98 valence electrons. The number of nitrogens with two attached hydrogens (primary N) is 1. The highest BCUT2D eigenvalue weighted by atomic mass is 35.5. The normalized spacial score (nSPS) is 23.0. The summed E-state index contributed by atoms with van der Waals surface area (Å²) >= 11 is 7.84. The van der Waals surface area contributed by atoms with Gasteiger partial charge in [-0.15, -0.1) is 0 Å². The Balaban J connectivity index is 2.09. The lowest BCUT2D eigenvalue weighted by Gasteiger charge is -2.19. The average Bonchev–Trinajstić information content (AvgIpc) is 2.79. The third kappa shape index (κ3) is 2.93. The number of hydrogen-bond acceptors (Lipinski definition) is 3. The molecule has 0 saturated heterocycles. The highest BCUT2D eigenvalue weighted by Crippen LogP contribution is 2.29. The zero-order chi connectivity index (χ0) is 13.1. The monoisotopic (exact) mass is 284 g/mol. The Morgan fingerprint density at radius 2 is 2.28 bits per heavy atom. The number of nitrogens with one attached hydrogen (secondary N) is 1. The van der Waals surface area contributed by atoms with Crippen molar-refractivity contribution in [1.82, 2.24) is 5.32 Å². The molecule has 2 atom stereocenters. The molecule has 3 nitrogen and oxygen atoms in total. The van der Waals surface area contributed by atoms with Gasteiger partial charge in [0.25, 0.3) is 5.91 Å². The number of rotatable bonds is 3. The number of benzene rings is 1. The van der Waals surface area contributed by atoms with E-state index in [1.807, 2.05) is 11.8 Å². The van der Waals surface area contributed by atoms with Gasteiger partial charge in [0.2, 0.25) is 0 Å². The molecular weight excluding hydrogens is 268 g/mol. The van der Waals surface area contributed by atoms with Crippen LogP contribution in [-0.4, -0.2) is 23.5 Å². The summed E-state index contributed by atoms with van der Waals surface area (Å²) in [5.74, 6) is -0.127. The lowest BCUT2D eigenvalue weighted by atomic mass is 10.1. The predicted molar refractivity (Wildman–Crippen MR) is 78.3 cm³/mol. The molecule has 0 heterocycles. The first-order chi connectivity index (χ1) is 8.61. The van der Waals surface area contributed by atoms with Crippen LogP contribution >= 0.6 is 23.4 Å². The van der Waals surface area contributed by atoms with Crippen LogP contribution in [0, 0.1) is 0 Å². The first-order valence-electron chi connectivity index (χ1n) is 6.00. The Morgan fingerprint density at radius 1 is 1.50 bits per heavy atom. The van der Waals surface area contributed by atoms with Gasteiger partial charge in [-0.05, 0) is 37.3 Å². The van der Waals surface area contributed by atoms with Gasteiger partial charge in [0, 0.05) is 17.0 Å². The van der Waals surface area contributed by atoms with Crippen LogP contribution in [0.2, 0.25) is 5.02 Å². The van der Waals surface area contributed by atoms with E-state index >= 15 is 0 Å². The maximum Gasteiger partial charge on any atom is 0.253 e. The highest BCUT2D eigenvalue weighted by Gasteiger charge is 2.28. The molecule has 1 saturated carbocycles. The van der Waals surface area contributed by atoms with Crippen LogP contribution in [0.1, 0.15) is 29.6 Å². The number of halogens is 1. The van der Waals surface area contributed by atoms with E-state index < -0.39 is 0 Å². The minimum atomic E-state index is -0.127. The van der Waals surface area contributed by atoms with E-state index in [1.165, 1.54) is 6.42 Å². The van der Waals surface area contributed by atoms with Crippen molar-refractivity contribution in [3.8, 4) is 0 Å². The van der Waals surface area contributed by atoms with Crippen molar-refractivity contribution < 1.29 is 4.79 Å². The van der Waals surface area contributed by atoms with Crippen molar-refractivity contribution in [2.45, 2.75) is 30.6 Å². The lowest BCUT2D eigenvalue weighted by molar-refractivity contribution is 0.0939. The van der Waals surface area contributed by atoms with Gasteiger partial charge in [0.15, 0.2) is 0 Å². The average molecular weight is 285 g/mol. The number of anilines is 1. The molecule has 0 spiro atoms. The summed E-state index contributed by atoms with van der Waals surface area (Å²) in [5, 5.41) is 4.02. The summed E-state index contributed by atoms with van der Waals surface area (Å²) < 4.78 is 0. The maximum absolute atomic E-state index is 12.2. The van der Waals surface area contributed by atoms with Crippen LogP contribution in [0.4, 0.5) is 5.69 Å². The van der Waals surface area contributed by atoms with E-state index in [-0.39, 0.29) is 11.9 Å². The number of carbonyl (C=O) groups is 1. The van der Waals surface area contributed by atoms with Gasteiger partial charge < -0.3 is 11.1 Å². The van der Waals surface area contributed by atoms with E-state index in [9.17, 15) is 4.79 Å². The van der Waals surface area contributed by atoms with Gasteiger partial charge in [-0.3, -0.25) is 4.79 Å². The second kappa shape index (κ2) is 5.85. The third-order valence-electron chi connectivity index (χ3n) is 3.31. The second-order valence-corrected chi connectivity index (χ2v) is 6.01. The maximum atomic E-state index is 12.2. The van der Waals surface area contributed by atoms with E-state index in [0.717, 1.165) is 12.8 Å². The molecule has 0 bridgehead atoms. The molecule has 1 fully saturated rings. The van der Waals surface area contributed by atoms with E-state index in [2.05, 4.69) is 11.6 Å². The molecule has 5 heteroatoms. The van der Waals surface area contributed by atoms with Gasteiger partial charge >= 0.3 is 0 Å². The molecule has 3 N–H and O–H groups in total. The van der Waals surface area contributed by atoms with Crippen molar-refractivity contribution in [3.05, 3.63) is 28.8 Å². The predicted octanol–water partition coefficient (Wildman–Crippen LogP) is 2.94. The Hall–Kier alpha value is -0.870. The molecule has 1 amide bonds. The van der Waals surface area contributed by atoms with Gasteiger partial charge in [0.1, 0.15) is 0 Å². The van der Waals surface area contributed by atoms with Crippen LogP contribution in [0.5, 0.6) is 0 Å². The van der Waals surface area contributed by atoms with Crippen molar-refractivity contribution >= 4 is 35.0 Å². The Labute approximate surface area is 116 Å². The van der Waals surface area contributed by atoms with Crippen LogP contribution in [0.3, 0.4) is 0 Å². The van der Waals surface area contributed by atoms with E-state index in [4.69, 9.17) is 17.3 Å². The second-order valence-electron chi connectivity index (χ2n) is 4.52. The smallest absolute Gasteiger partial charge is 0.253 e. The van der Waals surface area contributed by atoms with Gasteiger partial charge in [0.05, 0.1) is 10.6 Å². The molecule has 18 heavy (non-hydrogen) atoms. The standard InChI is InChI=1S/C13H17ClN2OS/c1-18-12-4-2-3-11(12)16-13(17)9-7-8(15)5-6-10(9)14/h5-7,11-12H,2-4,15H2,1H3,(H,16,17). The minimum Gasteiger partial charge on any atom is -0.399 e. The Bertz CT molecular complexity index is 453. The fourth-order valence-electron chi connectivity index (χ4n) is 2.34. The molecule has 0 aromatic heterocycles. The molecule has 2 unspecified atom stereocenters. The third-order valence-corrected chi connectivity index (χ3v) is 4.81. The van der Waals surface area contributed by atoms with E-state index in [1.54, 1.807) is 18.2 Å². The van der Waals surface area contributed by atoms with Gasteiger partial charge in [-0.1, -0.05) is 18.0 Å². The Morgan fingerprint density at radius 3 is 3.00 bits per heavy atom. The zero-order valence-electron chi connectivity index (χ0n) is 10.3. The van der Waals surface area contributed by atoms with Crippen molar-refractivity contribution in [2.24, 2.45) is 0 Å².